The van der Waals surface area contributed by atoms with E-state index in [4.69, 9.17) is 11.6 Å². The second-order valence-corrected chi connectivity index (χ2v) is 8.14. The highest BCUT2D eigenvalue weighted by atomic mass is 35.5. The number of aromatic nitrogens is 2. The van der Waals surface area contributed by atoms with Crippen LogP contribution < -0.4 is 4.90 Å². The third kappa shape index (κ3) is 3.14. The molecule has 5 rings (SSSR count). The van der Waals surface area contributed by atoms with Crippen LogP contribution in [0.2, 0.25) is 5.02 Å². The molecule has 3 heterocycles. The van der Waals surface area contributed by atoms with E-state index in [9.17, 15) is 4.79 Å². The Morgan fingerprint density at radius 1 is 1.11 bits per heavy atom. The van der Waals surface area contributed by atoms with Crippen molar-refractivity contribution in [2.45, 2.75) is 19.3 Å². The minimum absolute atomic E-state index is 0.100. The van der Waals surface area contributed by atoms with E-state index in [-0.39, 0.29) is 5.92 Å². The third-order valence-electron chi connectivity index (χ3n) is 5.91. The fourth-order valence-corrected chi connectivity index (χ4v) is 4.57. The number of amides is 1. The summed E-state index contributed by atoms with van der Waals surface area (Å²) in [6, 6.07) is 14.0. The molecule has 2 aromatic carbocycles. The number of halogens is 1. The van der Waals surface area contributed by atoms with Crippen LogP contribution in [0.25, 0.3) is 22.4 Å². The number of nitrogens with one attached hydrogen (secondary N) is 1. The minimum atomic E-state index is 0.100. The maximum atomic E-state index is 12.7. The molecule has 2 saturated heterocycles. The average molecular weight is 395 g/mol. The van der Waals surface area contributed by atoms with E-state index in [0.29, 0.717) is 10.9 Å². The summed E-state index contributed by atoms with van der Waals surface area (Å²) >= 11 is 6.49. The molecular formula is C22H23ClN4O. The Morgan fingerprint density at radius 3 is 2.75 bits per heavy atom. The summed E-state index contributed by atoms with van der Waals surface area (Å²) in [6.07, 6.45) is 3.19. The fraction of sp³-hybridized carbons (Fsp3) is 0.364. The van der Waals surface area contributed by atoms with E-state index in [1.165, 1.54) is 0 Å². The highest BCUT2D eigenvalue weighted by Gasteiger charge is 2.32. The number of aromatic amines is 1. The lowest BCUT2D eigenvalue weighted by atomic mass is 10.1. The molecule has 0 radical (unpaired) electrons. The molecule has 1 unspecified atom stereocenters. The Bertz CT molecular complexity index is 991. The van der Waals surface area contributed by atoms with Gasteiger partial charge in [0.1, 0.15) is 5.82 Å². The maximum Gasteiger partial charge on any atom is 0.227 e. The Kier molecular flexibility index (Phi) is 4.47. The number of hydrogen-bond donors (Lipinski definition) is 1. The number of anilines is 1. The van der Waals surface area contributed by atoms with Gasteiger partial charge in [0, 0.05) is 37.4 Å². The summed E-state index contributed by atoms with van der Waals surface area (Å²) in [5.74, 6) is 1.20. The molecule has 2 aliphatic rings. The van der Waals surface area contributed by atoms with Gasteiger partial charge in [-0.2, -0.15) is 0 Å². The third-order valence-corrected chi connectivity index (χ3v) is 6.24. The van der Waals surface area contributed by atoms with Crippen LogP contribution in [0, 0.1) is 5.92 Å². The highest BCUT2D eigenvalue weighted by Crippen LogP contribution is 2.34. The van der Waals surface area contributed by atoms with E-state index >= 15 is 0 Å². The standard InChI is InChI=1S/C22H23ClN4O/c23-18-8-7-16(13-17(18)21-24-19-5-1-2-6-20(19)25-21)27-12-9-15(14-27)22(28)26-10-3-4-11-26/h1-2,5-8,13,15H,3-4,9-12,14H2,(H,24,25). The molecule has 1 amide bonds. The zero-order chi connectivity index (χ0) is 19.1. The molecule has 3 aromatic rings. The lowest BCUT2D eigenvalue weighted by molar-refractivity contribution is -0.133. The highest BCUT2D eigenvalue weighted by molar-refractivity contribution is 6.33. The number of carbonyl (C=O) groups is 1. The zero-order valence-electron chi connectivity index (χ0n) is 15.7. The van der Waals surface area contributed by atoms with E-state index < -0.39 is 0 Å². The molecule has 0 bridgehead atoms. The second kappa shape index (κ2) is 7.13. The Labute approximate surface area is 169 Å². The van der Waals surface area contributed by atoms with Crippen LogP contribution in [0.5, 0.6) is 0 Å². The van der Waals surface area contributed by atoms with Gasteiger partial charge >= 0.3 is 0 Å². The number of imidazole rings is 1. The lowest BCUT2D eigenvalue weighted by Crippen LogP contribution is -2.35. The molecule has 2 aliphatic heterocycles. The molecule has 28 heavy (non-hydrogen) atoms. The minimum Gasteiger partial charge on any atom is -0.371 e. The predicted molar refractivity (Wildman–Crippen MR) is 113 cm³/mol. The molecule has 144 valence electrons. The van der Waals surface area contributed by atoms with Crippen LogP contribution in [-0.2, 0) is 4.79 Å². The quantitative estimate of drug-likeness (QED) is 0.719. The number of fused-ring (bicyclic) bond motifs is 1. The van der Waals surface area contributed by atoms with Gasteiger partial charge in [0.15, 0.2) is 0 Å². The van der Waals surface area contributed by atoms with Crippen LogP contribution in [0.3, 0.4) is 0 Å². The van der Waals surface area contributed by atoms with Gasteiger partial charge < -0.3 is 14.8 Å². The maximum absolute atomic E-state index is 12.7. The Balaban J connectivity index is 1.39. The molecular weight excluding hydrogens is 372 g/mol. The van der Waals surface area contributed by atoms with Crippen LogP contribution in [0.1, 0.15) is 19.3 Å². The number of nitrogens with zero attached hydrogens (tertiary/aromatic N) is 3. The van der Waals surface area contributed by atoms with E-state index in [1.807, 2.05) is 41.3 Å². The Hall–Kier alpha value is -2.53. The first-order valence-corrected chi connectivity index (χ1v) is 10.4. The molecule has 0 aliphatic carbocycles. The molecule has 2 fully saturated rings. The van der Waals surface area contributed by atoms with Crippen molar-refractivity contribution in [3.05, 3.63) is 47.5 Å². The Morgan fingerprint density at radius 2 is 1.93 bits per heavy atom. The molecule has 1 aromatic heterocycles. The van der Waals surface area contributed by atoms with Gasteiger partial charge in [-0.15, -0.1) is 0 Å². The number of hydrogen-bond acceptors (Lipinski definition) is 3. The van der Waals surface area contributed by atoms with Gasteiger partial charge in [-0.05, 0) is 49.6 Å². The lowest BCUT2D eigenvalue weighted by Gasteiger charge is -2.22. The monoisotopic (exact) mass is 394 g/mol. The van der Waals surface area contributed by atoms with Gasteiger partial charge in [-0.25, -0.2) is 4.98 Å². The topological polar surface area (TPSA) is 52.2 Å². The average Bonchev–Trinajstić information content (AvgIpc) is 3.47. The summed E-state index contributed by atoms with van der Waals surface area (Å²) in [7, 11) is 0. The first-order chi connectivity index (χ1) is 13.7. The fourth-order valence-electron chi connectivity index (χ4n) is 4.36. The molecule has 1 N–H and O–H groups in total. The van der Waals surface area contributed by atoms with Crippen molar-refractivity contribution in [2.75, 3.05) is 31.1 Å². The summed E-state index contributed by atoms with van der Waals surface area (Å²) in [5, 5.41) is 0.673. The molecule has 0 spiro atoms. The number of carbonyl (C=O) groups excluding carboxylic acids is 1. The van der Waals surface area contributed by atoms with Crippen LogP contribution in [0.4, 0.5) is 5.69 Å². The summed E-state index contributed by atoms with van der Waals surface area (Å²) in [4.78, 5) is 25.1. The van der Waals surface area contributed by atoms with Gasteiger partial charge in [0.05, 0.1) is 22.0 Å². The van der Waals surface area contributed by atoms with Crippen molar-refractivity contribution in [1.29, 1.82) is 0 Å². The van der Waals surface area contributed by atoms with Crippen LogP contribution in [0.15, 0.2) is 42.5 Å². The van der Waals surface area contributed by atoms with Crippen molar-refractivity contribution in [1.82, 2.24) is 14.9 Å². The van der Waals surface area contributed by atoms with Crippen LogP contribution >= 0.6 is 11.6 Å². The number of rotatable bonds is 3. The van der Waals surface area contributed by atoms with Crippen molar-refractivity contribution in [2.24, 2.45) is 5.92 Å². The summed E-state index contributed by atoms with van der Waals surface area (Å²) < 4.78 is 0. The second-order valence-electron chi connectivity index (χ2n) is 7.73. The number of para-hydroxylation sites is 2. The van der Waals surface area contributed by atoms with Gasteiger partial charge in [-0.3, -0.25) is 4.79 Å². The van der Waals surface area contributed by atoms with Crippen molar-refractivity contribution >= 4 is 34.2 Å². The first-order valence-electron chi connectivity index (χ1n) is 9.97. The molecule has 6 heteroatoms. The number of likely N-dealkylation sites (tertiary alicyclic amines) is 1. The summed E-state index contributed by atoms with van der Waals surface area (Å²) in [5.41, 5.74) is 3.91. The molecule has 1 atom stereocenters. The molecule has 0 saturated carbocycles. The van der Waals surface area contributed by atoms with Gasteiger partial charge in [-0.1, -0.05) is 23.7 Å². The predicted octanol–water partition coefficient (Wildman–Crippen LogP) is 4.33. The van der Waals surface area contributed by atoms with E-state index in [1.54, 1.807) is 0 Å². The largest absolute Gasteiger partial charge is 0.371 e. The van der Waals surface area contributed by atoms with Crippen molar-refractivity contribution in [3.63, 3.8) is 0 Å². The van der Waals surface area contributed by atoms with E-state index in [0.717, 1.165) is 73.6 Å². The molecule has 5 nitrogen and oxygen atoms in total. The first kappa shape index (κ1) is 17.6. The zero-order valence-corrected chi connectivity index (χ0v) is 16.5. The van der Waals surface area contributed by atoms with Gasteiger partial charge in [0.25, 0.3) is 0 Å². The normalized spacial score (nSPS) is 19.7. The van der Waals surface area contributed by atoms with Crippen LogP contribution in [-0.4, -0.2) is 47.0 Å². The van der Waals surface area contributed by atoms with E-state index in [2.05, 4.69) is 20.9 Å². The smallest absolute Gasteiger partial charge is 0.227 e. The van der Waals surface area contributed by atoms with Crippen molar-refractivity contribution in [3.8, 4) is 11.4 Å². The number of benzene rings is 2. The van der Waals surface area contributed by atoms with Gasteiger partial charge in [0.2, 0.25) is 5.91 Å². The summed E-state index contributed by atoms with van der Waals surface area (Å²) in [6.45, 7) is 3.51. The van der Waals surface area contributed by atoms with Crippen molar-refractivity contribution < 1.29 is 4.79 Å². The number of H-pyrrole nitrogens is 1. The SMILES string of the molecule is O=C(C1CCN(c2ccc(Cl)c(-c3nc4ccccc4[nH]3)c2)C1)N1CCCC1.